The van der Waals surface area contributed by atoms with Crippen molar-refractivity contribution < 1.29 is 27.5 Å². The number of esters is 1. The predicted molar refractivity (Wildman–Crippen MR) is 167 cm³/mol. The number of benzene rings is 3. The van der Waals surface area contributed by atoms with Crippen LogP contribution in [-0.4, -0.2) is 33.9 Å². The molecule has 1 saturated heterocycles. The molecular weight excluding hydrogens is 630 g/mol. The molecule has 4 aromatic rings. The van der Waals surface area contributed by atoms with Gasteiger partial charge in [-0.25, -0.2) is 4.79 Å². The van der Waals surface area contributed by atoms with E-state index >= 15 is 0 Å². The van der Waals surface area contributed by atoms with E-state index in [0.29, 0.717) is 15.5 Å². The molecule has 0 bridgehead atoms. The highest BCUT2D eigenvalue weighted by atomic mass is 32.2. The maximum Gasteiger partial charge on any atom is 0.417 e. The number of ether oxygens (including phenoxy) is 1. The molecule has 6 nitrogen and oxygen atoms in total. The first-order valence-corrected chi connectivity index (χ1v) is 16.1. The number of allylic oxidation sites excluding steroid dienone is 1. The summed E-state index contributed by atoms with van der Waals surface area (Å²) in [5.41, 5.74) is 6.47. The lowest BCUT2D eigenvalue weighted by molar-refractivity contribution is -0.153. The Bertz CT molecular complexity index is 1820. The standard InChI is InChI=1S/C32H23F3N2O4S3/c33-32(34,35)21-12-7-13-23-25(21)22(38)16-24(44-23)42-15-14-20-17-43-30-26(36)29(39)37(30)27(20)31(40)41-28(18-8-3-1-4-9-18)19-10-5-2-6-11-19/h1-16,26,28,30H,17,36H2/t26-,30+/m1/s1. The number of carbonyl (C=O) groups excluding carboxylic acids is 2. The van der Waals surface area contributed by atoms with Crippen molar-refractivity contribution in [2.24, 2.45) is 5.73 Å². The predicted octanol–water partition coefficient (Wildman–Crippen LogP) is 6.72. The van der Waals surface area contributed by atoms with Crippen LogP contribution in [0.5, 0.6) is 0 Å². The van der Waals surface area contributed by atoms with Gasteiger partial charge >= 0.3 is 12.1 Å². The van der Waals surface area contributed by atoms with Gasteiger partial charge in [0.25, 0.3) is 0 Å². The van der Waals surface area contributed by atoms with Crippen LogP contribution in [0.15, 0.2) is 117 Å². The first-order chi connectivity index (χ1) is 21.1. The van der Waals surface area contributed by atoms with Crippen LogP contribution in [0.2, 0.25) is 0 Å². The third-order valence-corrected chi connectivity index (χ3v) is 10.5. The Morgan fingerprint density at radius 2 is 1.66 bits per heavy atom. The summed E-state index contributed by atoms with van der Waals surface area (Å²) in [5, 5.41) is 0.875. The molecule has 6 rings (SSSR count). The van der Waals surface area contributed by atoms with Gasteiger partial charge in [0.15, 0.2) is 11.5 Å². The topological polar surface area (TPSA) is 89.7 Å². The van der Waals surface area contributed by atoms with Crippen molar-refractivity contribution in [2.75, 3.05) is 5.75 Å². The molecule has 224 valence electrons. The molecule has 2 atom stereocenters. The molecule has 1 amide bonds. The van der Waals surface area contributed by atoms with E-state index in [9.17, 15) is 27.6 Å². The van der Waals surface area contributed by atoms with Gasteiger partial charge in [0.05, 0.1) is 15.2 Å². The number of nitrogens with two attached hydrogens (primary N) is 1. The summed E-state index contributed by atoms with van der Waals surface area (Å²) in [6, 6.07) is 22.6. The van der Waals surface area contributed by atoms with Gasteiger partial charge < -0.3 is 10.5 Å². The Balaban J connectivity index is 1.32. The second-order valence-corrected chi connectivity index (χ2v) is 13.3. The van der Waals surface area contributed by atoms with Crippen LogP contribution >= 0.6 is 34.9 Å². The van der Waals surface area contributed by atoms with Crippen LogP contribution in [0.3, 0.4) is 0 Å². The molecule has 1 aromatic heterocycles. The van der Waals surface area contributed by atoms with Crippen molar-refractivity contribution in [2.45, 2.75) is 27.9 Å². The summed E-state index contributed by atoms with van der Waals surface area (Å²) in [5.74, 6) is -0.710. The Kier molecular flexibility index (Phi) is 8.42. The maximum atomic E-state index is 13.8. The van der Waals surface area contributed by atoms with Crippen LogP contribution in [0.1, 0.15) is 22.8 Å². The van der Waals surface area contributed by atoms with E-state index in [1.165, 1.54) is 34.9 Å². The van der Waals surface area contributed by atoms with Crippen molar-refractivity contribution in [1.29, 1.82) is 0 Å². The fourth-order valence-corrected chi connectivity index (χ4v) is 8.35. The first-order valence-electron chi connectivity index (χ1n) is 13.3. The minimum absolute atomic E-state index is 0.0932. The third kappa shape index (κ3) is 5.82. The Labute approximate surface area is 262 Å². The summed E-state index contributed by atoms with van der Waals surface area (Å²) in [6.45, 7) is 0. The largest absolute Gasteiger partial charge is 0.448 e. The smallest absolute Gasteiger partial charge is 0.417 e. The quantitative estimate of drug-likeness (QED) is 0.135. The molecule has 0 radical (unpaired) electrons. The van der Waals surface area contributed by atoms with Crippen molar-refractivity contribution >= 4 is 56.8 Å². The van der Waals surface area contributed by atoms with E-state index in [-0.39, 0.29) is 15.8 Å². The molecule has 12 heteroatoms. The highest BCUT2D eigenvalue weighted by molar-refractivity contribution is 8.04. The molecule has 0 aliphatic carbocycles. The summed E-state index contributed by atoms with van der Waals surface area (Å²) >= 11 is 3.61. The normalized spacial score (nSPS) is 18.6. The van der Waals surface area contributed by atoms with Crippen LogP contribution in [0, 0.1) is 0 Å². The van der Waals surface area contributed by atoms with Gasteiger partial charge in [-0.3, -0.25) is 14.5 Å². The number of amides is 1. The Morgan fingerprint density at radius 1 is 1.00 bits per heavy atom. The van der Waals surface area contributed by atoms with E-state index in [4.69, 9.17) is 10.5 Å². The fourth-order valence-electron chi connectivity index (χ4n) is 5.07. The number of halogens is 3. The molecule has 0 saturated carbocycles. The van der Waals surface area contributed by atoms with Crippen LogP contribution in [0.4, 0.5) is 13.2 Å². The second kappa shape index (κ2) is 12.3. The van der Waals surface area contributed by atoms with Crippen molar-refractivity contribution in [3.8, 4) is 0 Å². The minimum atomic E-state index is -4.65. The molecule has 0 spiro atoms. The summed E-state index contributed by atoms with van der Waals surface area (Å²) in [6.07, 6.45) is -3.72. The number of nitrogens with zero attached hydrogens (tertiary/aromatic N) is 1. The van der Waals surface area contributed by atoms with Crippen LogP contribution in [0.25, 0.3) is 10.1 Å². The van der Waals surface area contributed by atoms with Gasteiger partial charge in [-0.1, -0.05) is 78.5 Å². The number of hydrogen-bond donors (Lipinski definition) is 1. The Hall–Kier alpha value is -3.84. The molecule has 2 aliphatic heterocycles. The molecule has 2 N–H and O–H groups in total. The molecule has 44 heavy (non-hydrogen) atoms. The van der Waals surface area contributed by atoms with E-state index in [1.807, 2.05) is 60.7 Å². The lowest BCUT2D eigenvalue weighted by atomic mass is 10.0. The average Bonchev–Trinajstić information content (AvgIpc) is 3.03. The summed E-state index contributed by atoms with van der Waals surface area (Å²) < 4.78 is 47.2. The van der Waals surface area contributed by atoms with E-state index < -0.39 is 46.6 Å². The van der Waals surface area contributed by atoms with E-state index in [2.05, 4.69) is 0 Å². The van der Waals surface area contributed by atoms with Gasteiger partial charge in [0, 0.05) is 16.5 Å². The van der Waals surface area contributed by atoms with E-state index in [1.54, 1.807) is 11.5 Å². The molecule has 2 aliphatic rings. The lowest BCUT2D eigenvalue weighted by Gasteiger charge is -2.48. The lowest BCUT2D eigenvalue weighted by Crippen LogP contribution is -2.68. The summed E-state index contributed by atoms with van der Waals surface area (Å²) in [7, 11) is 0. The number of fused-ring (bicyclic) bond motifs is 2. The molecule has 0 unspecified atom stereocenters. The average molecular weight is 653 g/mol. The number of hydrogen-bond acceptors (Lipinski definition) is 8. The van der Waals surface area contributed by atoms with Gasteiger partial charge in [-0.05, 0) is 40.3 Å². The van der Waals surface area contributed by atoms with Crippen LogP contribution in [-0.2, 0) is 20.5 Å². The SMILES string of the molecule is N[C@@H]1C(=O)N2C(C(=O)OC(c3ccccc3)c3ccccc3)=C(C=CSc3cc(=O)c4c(C(F)(F)F)cccc4s3)CS[C@@H]12. The molecular formula is C32H23F3N2O4S3. The van der Waals surface area contributed by atoms with Gasteiger partial charge in [0.2, 0.25) is 5.91 Å². The van der Waals surface area contributed by atoms with E-state index in [0.717, 1.165) is 40.3 Å². The third-order valence-electron chi connectivity index (χ3n) is 7.15. The van der Waals surface area contributed by atoms with Gasteiger partial charge in [-0.2, -0.15) is 13.2 Å². The van der Waals surface area contributed by atoms with Crippen molar-refractivity contribution in [3.63, 3.8) is 0 Å². The van der Waals surface area contributed by atoms with Crippen LogP contribution < -0.4 is 11.2 Å². The number of β-lactam (4-membered cyclic amide) rings is 1. The minimum Gasteiger partial charge on any atom is -0.448 e. The second-order valence-electron chi connectivity index (χ2n) is 9.94. The zero-order valence-electron chi connectivity index (χ0n) is 22.7. The number of thioether (sulfide) groups is 2. The summed E-state index contributed by atoms with van der Waals surface area (Å²) in [4.78, 5) is 40.8. The zero-order chi connectivity index (χ0) is 31.0. The number of carbonyl (C=O) groups is 2. The zero-order valence-corrected chi connectivity index (χ0v) is 25.1. The van der Waals surface area contributed by atoms with Gasteiger partial charge in [0.1, 0.15) is 17.1 Å². The molecule has 3 heterocycles. The van der Waals surface area contributed by atoms with Crippen molar-refractivity contribution in [3.05, 3.63) is 135 Å². The molecule has 1 fully saturated rings. The maximum absolute atomic E-state index is 13.8. The number of alkyl halides is 3. The van der Waals surface area contributed by atoms with Crippen molar-refractivity contribution in [1.82, 2.24) is 4.90 Å². The monoisotopic (exact) mass is 652 g/mol. The highest BCUT2D eigenvalue weighted by Gasteiger charge is 2.52. The number of rotatable bonds is 7. The first kappa shape index (κ1) is 30.2. The molecule has 3 aromatic carbocycles. The fraction of sp³-hybridized carbons (Fsp3) is 0.156. The highest BCUT2D eigenvalue weighted by Crippen LogP contribution is 2.42. The Morgan fingerprint density at radius 3 is 2.30 bits per heavy atom. The van der Waals surface area contributed by atoms with Gasteiger partial charge in [-0.15, -0.1) is 23.1 Å².